The molecule has 0 aliphatic rings. The summed E-state index contributed by atoms with van der Waals surface area (Å²) in [6.07, 6.45) is 1.54. The van der Waals surface area contributed by atoms with Gasteiger partial charge in [0.05, 0.1) is 5.56 Å². The number of aryl methyl sites for hydroxylation is 1. The fourth-order valence-corrected chi connectivity index (χ4v) is 2.33. The Kier molecular flexibility index (Phi) is 6.75. The molecular formula is C19H25N3O2. The van der Waals surface area contributed by atoms with Crippen LogP contribution in [-0.2, 0) is 0 Å². The molecule has 0 saturated heterocycles. The number of likely N-dealkylation sites (N-methyl/N-ethyl adjacent to an activating group) is 1. The Bertz CT molecular complexity index is 652. The number of para-hydroxylation sites is 1. The smallest absolute Gasteiger partial charge is 0.257 e. The number of pyridine rings is 1. The minimum absolute atomic E-state index is 0.175. The maximum atomic E-state index is 12.3. The normalized spacial score (nSPS) is 10.7. The van der Waals surface area contributed by atoms with E-state index in [4.69, 9.17) is 4.74 Å². The molecule has 0 atom stereocenters. The van der Waals surface area contributed by atoms with Gasteiger partial charge in [0.25, 0.3) is 5.91 Å². The summed E-state index contributed by atoms with van der Waals surface area (Å²) in [6.45, 7) is 9.68. The quantitative estimate of drug-likeness (QED) is 0.808. The number of carbonyl (C=O) groups is 1. The molecule has 1 heterocycles. The molecule has 24 heavy (non-hydrogen) atoms. The number of hydrogen-bond donors (Lipinski definition) is 1. The second-order valence-corrected chi connectivity index (χ2v) is 5.53. The van der Waals surface area contributed by atoms with E-state index >= 15 is 0 Å². The van der Waals surface area contributed by atoms with Gasteiger partial charge >= 0.3 is 0 Å². The molecule has 128 valence electrons. The van der Waals surface area contributed by atoms with Crippen LogP contribution in [0.3, 0.4) is 0 Å². The summed E-state index contributed by atoms with van der Waals surface area (Å²) in [7, 11) is 0. The molecule has 0 bridgehead atoms. The molecule has 0 unspecified atom stereocenters. The molecule has 0 aliphatic heterocycles. The summed E-state index contributed by atoms with van der Waals surface area (Å²) in [4.78, 5) is 18.8. The van der Waals surface area contributed by atoms with Gasteiger partial charge in [0.2, 0.25) is 5.88 Å². The molecule has 0 fully saturated rings. The lowest BCUT2D eigenvalue weighted by molar-refractivity contribution is 0.102. The van der Waals surface area contributed by atoms with Gasteiger partial charge in [0.15, 0.2) is 0 Å². The first kappa shape index (κ1) is 17.9. The van der Waals surface area contributed by atoms with Crippen molar-refractivity contribution in [3.63, 3.8) is 0 Å². The van der Waals surface area contributed by atoms with Crippen LogP contribution in [0.1, 0.15) is 29.8 Å². The van der Waals surface area contributed by atoms with E-state index in [9.17, 15) is 4.79 Å². The maximum Gasteiger partial charge on any atom is 0.257 e. The van der Waals surface area contributed by atoms with Gasteiger partial charge in [-0.1, -0.05) is 32.0 Å². The Morgan fingerprint density at radius 1 is 1.17 bits per heavy atom. The third-order valence-electron chi connectivity index (χ3n) is 3.94. The second-order valence-electron chi connectivity index (χ2n) is 5.53. The summed E-state index contributed by atoms with van der Waals surface area (Å²) in [6, 6.07) is 11.1. The molecule has 1 aromatic heterocycles. The highest BCUT2D eigenvalue weighted by molar-refractivity contribution is 6.04. The lowest BCUT2D eigenvalue weighted by atomic mass is 10.2. The molecule has 5 nitrogen and oxygen atoms in total. The topological polar surface area (TPSA) is 54.5 Å². The van der Waals surface area contributed by atoms with Crippen molar-refractivity contribution in [1.82, 2.24) is 9.88 Å². The van der Waals surface area contributed by atoms with Crippen LogP contribution in [0.2, 0.25) is 0 Å². The molecule has 5 heteroatoms. The van der Waals surface area contributed by atoms with Gasteiger partial charge in [-0.3, -0.25) is 4.79 Å². The van der Waals surface area contributed by atoms with Crippen LogP contribution in [0.5, 0.6) is 5.88 Å². The number of nitrogens with one attached hydrogen (secondary N) is 1. The Morgan fingerprint density at radius 2 is 1.92 bits per heavy atom. The summed E-state index contributed by atoms with van der Waals surface area (Å²) < 4.78 is 5.63. The zero-order valence-electron chi connectivity index (χ0n) is 14.6. The van der Waals surface area contributed by atoms with E-state index in [2.05, 4.69) is 29.0 Å². The van der Waals surface area contributed by atoms with Crippen molar-refractivity contribution in [3.8, 4) is 5.88 Å². The number of ether oxygens (including phenoxy) is 1. The number of rotatable bonds is 8. The lowest BCUT2D eigenvalue weighted by Crippen LogP contribution is -2.28. The second kappa shape index (κ2) is 9.03. The number of anilines is 1. The maximum absolute atomic E-state index is 12.3. The first-order valence-electron chi connectivity index (χ1n) is 8.32. The van der Waals surface area contributed by atoms with Gasteiger partial charge in [0.1, 0.15) is 6.61 Å². The van der Waals surface area contributed by atoms with E-state index in [0.717, 1.165) is 30.9 Å². The molecule has 0 aliphatic carbocycles. The largest absolute Gasteiger partial charge is 0.476 e. The summed E-state index contributed by atoms with van der Waals surface area (Å²) in [5, 5.41) is 2.89. The van der Waals surface area contributed by atoms with E-state index < -0.39 is 0 Å². The molecule has 1 amide bonds. The van der Waals surface area contributed by atoms with Crippen molar-refractivity contribution < 1.29 is 9.53 Å². The van der Waals surface area contributed by atoms with Crippen LogP contribution in [0, 0.1) is 6.92 Å². The summed E-state index contributed by atoms with van der Waals surface area (Å²) in [5.41, 5.74) is 2.34. The zero-order chi connectivity index (χ0) is 17.4. The summed E-state index contributed by atoms with van der Waals surface area (Å²) >= 11 is 0. The van der Waals surface area contributed by atoms with E-state index in [1.165, 1.54) is 0 Å². The molecule has 1 aromatic carbocycles. The number of benzene rings is 1. The number of nitrogens with zero attached hydrogens (tertiary/aromatic N) is 2. The third kappa shape index (κ3) is 5.06. The fraction of sp³-hybridized carbons (Fsp3) is 0.368. The third-order valence-corrected chi connectivity index (χ3v) is 3.94. The Labute approximate surface area is 143 Å². The zero-order valence-corrected chi connectivity index (χ0v) is 14.6. The van der Waals surface area contributed by atoms with Gasteiger partial charge in [-0.05, 0) is 37.7 Å². The Hall–Kier alpha value is -2.40. The van der Waals surface area contributed by atoms with Crippen molar-refractivity contribution in [3.05, 3.63) is 53.7 Å². The molecule has 2 rings (SSSR count). The molecule has 0 spiro atoms. The lowest BCUT2D eigenvalue weighted by Gasteiger charge is -2.17. The predicted molar refractivity (Wildman–Crippen MR) is 96.7 cm³/mol. The van der Waals surface area contributed by atoms with Crippen LogP contribution < -0.4 is 10.1 Å². The fourth-order valence-electron chi connectivity index (χ4n) is 2.33. The highest BCUT2D eigenvalue weighted by Gasteiger charge is 2.08. The van der Waals surface area contributed by atoms with Crippen molar-refractivity contribution in [2.24, 2.45) is 0 Å². The Balaban J connectivity index is 1.89. The average Bonchev–Trinajstić information content (AvgIpc) is 2.61. The number of hydrogen-bond acceptors (Lipinski definition) is 4. The highest BCUT2D eigenvalue weighted by atomic mass is 16.5. The van der Waals surface area contributed by atoms with Gasteiger partial charge < -0.3 is 15.0 Å². The summed E-state index contributed by atoms with van der Waals surface area (Å²) in [5.74, 6) is 0.362. The monoisotopic (exact) mass is 327 g/mol. The molecular weight excluding hydrogens is 302 g/mol. The number of carbonyl (C=O) groups excluding carboxylic acids is 1. The van der Waals surface area contributed by atoms with Crippen LogP contribution >= 0.6 is 0 Å². The van der Waals surface area contributed by atoms with Crippen LogP contribution in [0.25, 0.3) is 0 Å². The minimum atomic E-state index is -0.175. The van der Waals surface area contributed by atoms with Gasteiger partial charge in [-0.25, -0.2) is 4.98 Å². The highest BCUT2D eigenvalue weighted by Crippen LogP contribution is 2.15. The average molecular weight is 327 g/mol. The minimum Gasteiger partial charge on any atom is -0.476 e. The van der Waals surface area contributed by atoms with Gasteiger partial charge in [-0.2, -0.15) is 0 Å². The molecule has 2 aromatic rings. The standard InChI is InChI=1S/C19H25N3O2/c1-4-22(5-2)12-13-24-18-11-10-16(14-20-18)19(23)21-17-9-7-6-8-15(17)3/h6-11,14H,4-5,12-13H2,1-3H3,(H,21,23). The van der Waals surface area contributed by atoms with E-state index in [1.54, 1.807) is 18.3 Å². The predicted octanol–water partition coefficient (Wildman–Crippen LogP) is 3.36. The van der Waals surface area contributed by atoms with Crippen molar-refractivity contribution in [1.29, 1.82) is 0 Å². The van der Waals surface area contributed by atoms with Crippen LogP contribution in [-0.4, -0.2) is 42.0 Å². The molecule has 1 N–H and O–H groups in total. The van der Waals surface area contributed by atoms with E-state index in [1.807, 2.05) is 31.2 Å². The first-order valence-corrected chi connectivity index (χ1v) is 8.32. The Morgan fingerprint density at radius 3 is 2.54 bits per heavy atom. The van der Waals surface area contributed by atoms with Crippen molar-refractivity contribution in [2.75, 3.05) is 31.6 Å². The van der Waals surface area contributed by atoms with Crippen LogP contribution in [0.4, 0.5) is 5.69 Å². The van der Waals surface area contributed by atoms with E-state index in [0.29, 0.717) is 18.1 Å². The van der Waals surface area contributed by atoms with Crippen molar-refractivity contribution >= 4 is 11.6 Å². The van der Waals surface area contributed by atoms with Gasteiger partial charge in [-0.15, -0.1) is 0 Å². The van der Waals surface area contributed by atoms with Crippen LogP contribution in [0.15, 0.2) is 42.6 Å². The van der Waals surface area contributed by atoms with Crippen molar-refractivity contribution in [2.45, 2.75) is 20.8 Å². The number of amides is 1. The first-order chi connectivity index (χ1) is 11.6. The van der Waals surface area contributed by atoms with E-state index in [-0.39, 0.29) is 5.91 Å². The molecule has 0 radical (unpaired) electrons. The SMILES string of the molecule is CCN(CC)CCOc1ccc(C(=O)Nc2ccccc2C)cn1. The number of aromatic nitrogens is 1. The van der Waals surface area contributed by atoms with Gasteiger partial charge in [0, 0.05) is 24.5 Å². The molecule has 0 saturated carbocycles.